The van der Waals surface area contributed by atoms with Crippen molar-refractivity contribution in [2.45, 2.75) is 32.1 Å². The number of alkyl halides is 1. The molecule has 38 heavy (non-hydrogen) atoms. The van der Waals surface area contributed by atoms with Crippen molar-refractivity contribution in [1.82, 2.24) is 4.90 Å². The molecule has 0 aromatic heterocycles. The molecular weight excluding hydrogens is 511 g/mol. The van der Waals surface area contributed by atoms with E-state index in [0.29, 0.717) is 48.3 Å². The number of aromatic carboxylic acids is 1. The molecule has 3 aromatic carbocycles. The summed E-state index contributed by atoms with van der Waals surface area (Å²) in [4.78, 5) is 13.8. The van der Waals surface area contributed by atoms with Gasteiger partial charge in [0.25, 0.3) is 0 Å². The third-order valence-electron chi connectivity index (χ3n) is 7.52. The van der Waals surface area contributed by atoms with E-state index in [0.717, 1.165) is 48.3 Å². The minimum Gasteiger partial charge on any atom is -0.478 e. The van der Waals surface area contributed by atoms with E-state index in [4.69, 9.17) is 11.6 Å². The molecule has 0 radical (unpaired) electrons. The first-order chi connectivity index (χ1) is 18.3. The van der Waals surface area contributed by atoms with Crippen molar-refractivity contribution in [3.8, 4) is 0 Å². The summed E-state index contributed by atoms with van der Waals surface area (Å²) in [5, 5.41) is 9.77. The zero-order valence-corrected chi connectivity index (χ0v) is 21.7. The van der Waals surface area contributed by atoms with Crippen molar-refractivity contribution in [2.75, 3.05) is 26.3 Å². The summed E-state index contributed by atoms with van der Waals surface area (Å²) in [5.41, 5.74) is 5.20. The van der Waals surface area contributed by atoms with Gasteiger partial charge in [-0.25, -0.2) is 13.6 Å². The van der Waals surface area contributed by atoms with Gasteiger partial charge in [0.1, 0.15) is 11.6 Å². The first kappa shape index (κ1) is 26.5. The predicted molar refractivity (Wildman–Crippen MR) is 144 cm³/mol. The lowest BCUT2D eigenvalue weighted by Gasteiger charge is -2.39. The maximum atomic E-state index is 15.9. The van der Waals surface area contributed by atoms with Gasteiger partial charge >= 0.3 is 5.97 Å². The molecule has 0 atom stereocenters. The molecule has 1 fully saturated rings. The van der Waals surface area contributed by atoms with Gasteiger partial charge in [-0.05, 0) is 102 Å². The quantitative estimate of drug-likeness (QED) is 0.323. The van der Waals surface area contributed by atoms with Crippen LogP contribution in [0.3, 0.4) is 0 Å². The average molecular weight is 540 g/mol. The molecule has 0 bridgehead atoms. The number of nitrogens with zero attached hydrogens (tertiary/aromatic N) is 1. The maximum Gasteiger partial charge on any atom is 0.335 e. The van der Waals surface area contributed by atoms with E-state index in [9.17, 15) is 18.7 Å². The Morgan fingerprint density at radius 1 is 0.974 bits per heavy atom. The Balaban J connectivity index is 1.55. The minimum absolute atomic E-state index is 0.184. The Hall–Kier alpha value is -3.09. The second kappa shape index (κ2) is 11.3. The summed E-state index contributed by atoms with van der Waals surface area (Å²) in [6, 6.07) is 14.5. The number of fused-ring (bicyclic) bond motifs is 1. The van der Waals surface area contributed by atoms with Crippen LogP contribution < -0.4 is 0 Å². The lowest BCUT2D eigenvalue weighted by molar-refractivity contribution is 0.0696. The highest BCUT2D eigenvalue weighted by atomic mass is 35.5. The van der Waals surface area contributed by atoms with Gasteiger partial charge in [0, 0.05) is 25.2 Å². The number of halogens is 4. The van der Waals surface area contributed by atoms with Crippen LogP contribution in [0.2, 0.25) is 5.02 Å². The van der Waals surface area contributed by atoms with Gasteiger partial charge in [0.15, 0.2) is 0 Å². The Bertz CT molecular complexity index is 1400. The summed E-state index contributed by atoms with van der Waals surface area (Å²) in [5.74, 6) is -1.41. The Kier molecular flexibility index (Phi) is 7.91. The molecule has 1 heterocycles. The number of carboxylic acids is 1. The fraction of sp³-hybridized carbons (Fsp3) is 0.323. The highest BCUT2D eigenvalue weighted by Crippen LogP contribution is 2.43. The second-order valence-electron chi connectivity index (χ2n) is 10.2. The average Bonchev–Trinajstić information content (AvgIpc) is 3.04. The first-order valence-corrected chi connectivity index (χ1v) is 13.3. The van der Waals surface area contributed by atoms with Crippen LogP contribution >= 0.6 is 11.6 Å². The molecule has 1 aliphatic heterocycles. The fourth-order valence-electron chi connectivity index (χ4n) is 5.73. The molecule has 0 saturated carbocycles. The summed E-state index contributed by atoms with van der Waals surface area (Å²) in [7, 11) is 0. The molecule has 2 aliphatic rings. The van der Waals surface area contributed by atoms with Gasteiger partial charge in [0.2, 0.25) is 0 Å². The number of likely N-dealkylation sites (tertiary alicyclic amines) is 1. The van der Waals surface area contributed by atoms with Crippen LogP contribution in [0, 0.1) is 17.6 Å². The van der Waals surface area contributed by atoms with E-state index in [2.05, 4.69) is 4.90 Å². The highest BCUT2D eigenvalue weighted by molar-refractivity contribution is 6.32. The van der Waals surface area contributed by atoms with Crippen molar-refractivity contribution >= 4 is 28.7 Å². The van der Waals surface area contributed by atoms with Crippen molar-refractivity contribution in [1.29, 1.82) is 0 Å². The van der Waals surface area contributed by atoms with Gasteiger partial charge in [-0.2, -0.15) is 0 Å². The van der Waals surface area contributed by atoms with Gasteiger partial charge < -0.3 is 10.0 Å². The van der Waals surface area contributed by atoms with E-state index < -0.39 is 11.8 Å². The molecule has 1 aliphatic carbocycles. The Labute approximate surface area is 225 Å². The first-order valence-electron chi connectivity index (χ1n) is 13.0. The van der Waals surface area contributed by atoms with Gasteiger partial charge in [0.05, 0.1) is 17.3 Å². The molecule has 3 nitrogen and oxygen atoms in total. The SMILES string of the molecule is O=C(O)c1ccc2c(c1)CCCC(c1ccc(F)cc1Cl)=C2c1ccc(CC2CN(CCCF)C2)cc1F. The molecule has 198 valence electrons. The number of carboxylic acid groups (broad SMARTS) is 1. The number of allylic oxidation sites excluding steroid dienone is 1. The third kappa shape index (κ3) is 5.52. The molecule has 0 unspecified atom stereocenters. The van der Waals surface area contributed by atoms with Crippen LogP contribution in [-0.2, 0) is 12.8 Å². The summed E-state index contributed by atoms with van der Waals surface area (Å²) in [6.07, 6.45) is 3.21. The Morgan fingerprint density at radius 2 is 1.74 bits per heavy atom. The molecule has 0 spiro atoms. The lowest BCUT2D eigenvalue weighted by Crippen LogP contribution is -2.47. The largest absolute Gasteiger partial charge is 0.478 e. The maximum absolute atomic E-state index is 15.9. The van der Waals surface area contributed by atoms with Gasteiger partial charge in [-0.3, -0.25) is 4.39 Å². The third-order valence-corrected chi connectivity index (χ3v) is 7.83. The van der Waals surface area contributed by atoms with Crippen LogP contribution in [0.1, 0.15) is 57.4 Å². The predicted octanol–water partition coefficient (Wildman–Crippen LogP) is 7.45. The van der Waals surface area contributed by atoms with Crippen LogP contribution in [0.5, 0.6) is 0 Å². The van der Waals surface area contributed by atoms with Crippen molar-refractivity contribution < 1.29 is 23.1 Å². The number of benzene rings is 3. The molecule has 1 saturated heterocycles. The van der Waals surface area contributed by atoms with Crippen LogP contribution in [0.4, 0.5) is 13.2 Å². The van der Waals surface area contributed by atoms with E-state index >= 15 is 4.39 Å². The van der Waals surface area contributed by atoms with Crippen LogP contribution in [0.25, 0.3) is 11.1 Å². The molecular formula is C31H29ClF3NO2. The number of hydrogen-bond acceptors (Lipinski definition) is 2. The highest BCUT2D eigenvalue weighted by Gasteiger charge is 2.28. The minimum atomic E-state index is -1.01. The van der Waals surface area contributed by atoms with Crippen LogP contribution in [-0.4, -0.2) is 42.3 Å². The standard InChI is InChI=1S/C31H29ClF3NO2/c32-28-16-23(34)7-10-25(28)26-4-1-3-21-15-22(31(37)38)6-9-24(21)30(26)27-8-5-19(14-29(27)35)13-20-17-36(18-20)12-2-11-33/h5-10,14-16,20H,1-4,11-13,17-18H2,(H,37,38). The number of hydrogen-bond donors (Lipinski definition) is 1. The van der Waals surface area contributed by atoms with Gasteiger partial charge in [-0.1, -0.05) is 35.9 Å². The monoisotopic (exact) mass is 539 g/mol. The van der Waals surface area contributed by atoms with E-state index in [-0.39, 0.29) is 23.1 Å². The number of aryl methyl sites for hydroxylation is 1. The fourth-order valence-corrected chi connectivity index (χ4v) is 6.01. The van der Waals surface area contributed by atoms with E-state index in [1.807, 2.05) is 6.07 Å². The molecule has 5 rings (SSSR count). The second-order valence-corrected chi connectivity index (χ2v) is 10.6. The van der Waals surface area contributed by atoms with Crippen LogP contribution in [0.15, 0.2) is 54.6 Å². The molecule has 7 heteroatoms. The molecule has 3 aromatic rings. The zero-order chi connectivity index (χ0) is 26.8. The number of rotatable bonds is 8. The van der Waals surface area contributed by atoms with Gasteiger partial charge in [-0.15, -0.1) is 0 Å². The molecule has 0 amide bonds. The normalized spacial score (nSPS) is 16.2. The summed E-state index contributed by atoms with van der Waals surface area (Å²) < 4.78 is 42.2. The summed E-state index contributed by atoms with van der Waals surface area (Å²) in [6.45, 7) is 2.23. The number of carbonyl (C=O) groups is 1. The zero-order valence-electron chi connectivity index (χ0n) is 21.0. The lowest BCUT2D eigenvalue weighted by atomic mass is 9.85. The van der Waals surface area contributed by atoms with E-state index in [1.54, 1.807) is 30.3 Å². The van der Waals surface area contributed by atoms with Crippen molar-refractivity contribution in [2.24, 2.45) is 5.92 Å². The topological polar surface area (TPSA) is 40.5 Å². The molecule has 1 N–H and O–H groups in total. The van der Waals surface area contributed by atoms with E-state index in [1.165, 1.54) is 18.2 Å². The summed E-state index contributed by atoms with van der Waals surface area (Å²) >= 11 is 6.48. The van der Waals surface area contributed by atoms with Crippen molar-refractivity contribution in [3.05, 3.63) is 105 Å². The Morgan fingerprint density at radius 3 is 2.45 bits per heavy atom. The van der Waals surface area contributed by atoms with Crippen molar-refractivity contribution in [3.63, 3.8) is 0 Å². The smallest absolute Gasteiger partial charge is 0.335 e.